The van der Waals surface area contributed by atoms with E-state index in [-0.39, 0.29) is 5.91 Å². The lowest BCUT2D eigenvalue weighted by atomic mass is 9.95. The summed E-state index contributed by atoms with van der Waals surface area (Å²) in [7, 11) is 2.08. The molecule has 122 valence electrons. The van der Waals surface area contributed by atoms with Crippen LogP contribution < -0.4 is 0 Å². The maximum atomic E-state index is 12.5. The van der Waals surface area contributed by atoms with Crippen LogP contribution in [-0.2, 0) is 7.05 Å². The number of benzene rings is 1. The molecular formula is C19H20N4O. The van der Waals surface area contributed by atoms with Crippen LogP contribution in [0.1, 0.15) is 34.9 Å². The van der Waals surface area contributed by atoms with Crippen molar-refractivity contribution in [2.75, 3.05) is 13.1 Å². The largest absolute Gasteiger partial charge is 0.339 e. The fourth-order valence-corrected chi connectivity index (χ4v) is 3.54. The molecule has 1 amide bonds. The average molecular weight is 320 g/mol. The van der Waals surface area contributed by atoms with Crippen molar-refractivity contribution in [2.24, 2.45) is 7.05 Å². The number of carbonyl (C=O) groups excluding carboxylic acids is 1. The summed E-state index contributed by atoms with van der Waals surface area (Å²) in [5, 5.41) is 0. The Bertz CT molecular complexity index is 863. The summed E-state index contributed by atoms with van der Waals surface area (Å²) >= 11 is 0. The highest BCUT2D eigenvalue weighted by Gasteiger charge is 2.27. The summed E-state index contributed by atoms with van der Waals surface area (Å²) in [5.74, 6) is 1.61. The number of aromatic nitrogens is 3. The summed E-state index contributed by atoms with van der Waals surface area (Å²) in [5.41, 5.74) is 2.88. The minimum atomic E-state index is 0.0755. The third-order valence-electron chi connectivity index (χ3n) is 4.88. The molecule has 1 aliphatic heterocycles. The molecule has 0 unspecified atom stereocenters. The number of fused-ring (bicyclic) bond motifs is 1. The van der Waals surface area contributed by atoms with E-state index in [0.29, 0.717) is 11.5 Å². The van der Waals surface area contributed by atoms with E-state index < -0.39 is 0 Å². The van der Waals surface area contributed by atoms with Gasteiger partial charge in [-0.1, -0.05) is 12.1 Å². The molecule has 5 heteroatoms. The van der Waals surface area contributed by atoms with Crippen LogP contribution in [0.3, 0.4) is 0 Å². The van der Waals surface area contributed by atoms with Crippen molar-refractivity contribution in [3.8, 4) is 0 Å². The van der Waals surface area contributed by atoms with Gasteiger partial charge in [0.25, 0.3) is 5.91 Å². The van der Waals surface area contributed by atoms with Gasteiger partial charge >= 0.3 is 0 Å². The fraction of sp³-hybridized carbons (Fsp3) is 0.316. The number of amides is 1. The van der Waals surface area contributed by atoms with Crippen LogP contribution in [0, 0.1) is 0 Å². The Morgan fingerprint density at radius 2 is 1.92 bits per heavy atom. The Morgan fingerprint density at radius 3 is 2.62 bits per heavy atom. The van der Waals surface area contributed by atoms with E-state index in [1.807, 2.05) is 23.1 Å². The summed E-state index contributed by atoms with van der Waals surface area (Å²) in [6.07, 6.45) is 5.22. The lowest BCUT2D eigenvalue weighted by Crippen LogP contribution is -2.38. The second-order valence-electron chi connectivity index (χ2n) is 6.33. The van der Waals surface area contributed by atoms with Gasteiger partial charge < -0.3 is 9.47 Å². The monoisotopic (exact) mass is 320 g/mol. The van der Waals surface area contributed by atoms with E-state index in [0.717, 1.165) is 37.3 Å². The summed E-state index contributed by atoms with van der Waals surface area (Å²) in [4.78, 5) is 23.3. The van der Waals surface area contributed by atoms with Crippen molar-refractivity contribution in [1.82, 2.24) is 19.4 Å². The van der Waals surface area contributed by atoms with Crippen molar-refractivity contribution >= 4 is 16.9 Å². The maximum Gasteiger partial charge on any atom is 0.255 e. The third-order valence-corrected chi connectivity index (χ3v) is 4.88. The number of carbonyl (C=O) groups is 1. The molecule has 2 aromatic heterocycles. The molecule has 0 N–H and O–H groups in total. The zero-order valence-electron chi connectivity index (χ0n) is 13.7. The van der Waals surface area contributed by atoms with Crippen LogP contribution in [0.2, 0.25) is 0 Å². The Balaban J connectivity index is 1.49. The van der Waals surface area contributed by atoms with Crippen LogP contribution in [0.15, 0.2) is 48.8 Å². The standard InChI is InChI=1S/C19H20N4O/c1-22-17-7-3-2-6-16(17)21-18(22)14-8-11-23(12-9-14)19(24)15-5-4-10-20-13-15/h2-7,10,13-14H,8-9,11-12H2,1H3. The number of para-hydroxylation sites is 2. The Kier molecular flexibility index (Phi) is 3.76. The first-order valence-electron chi connectivity index (χ1n) is 8.34. The van der Waals surface area contributed by atoms with Crippen LogP contribution in [0.25, 0.3) is 11.0 Å². The Hall–Kier alpha value is -2.69. The van der Waals surface area contributed by atoms with Crippen LogP contribution in [0.4, 0.5) is 0 Å². The van der Waals surface area contributed by atoms with Crippen LogP contribution in [-0.4, -0.2) is 38.4 Å². The molecule has 0 saturated carbocycles. The quantitative estimate of drug-likeness (QED) is 0.729. The topological polar surface area (TPSA) is 51.0 Å². The molecule has 1 aliphatic rings. The van der Waals surface area contributed by atoms with Gasteiger partial charge in [0.2, 0.25) is 0 Å². The molecular weight excluding hydrogens is 300 g/mol. The molecule has 0 aliphatic carbocycles. The van der Waals surface area contributed by atoms with Crippen molar-refractivity contribution in [3.63, 3.8) is 0 Å². The molecule has 5 nitrogen and oxygen atoms in total. The first-order valence-corrected chi connectivity index (χ1v) is 8.34. The van der Waals surface area contributed by atoms with E-state index in [1.165, 1.54) is 5.52 Å². The molecule has 3 heterocycles. The average Bonchev–Trinajstić information content (AvgIpc) is 2.99. The van der Waals surface area contributed by atoms with E-state index >= 15 is 0 Å². The summed E-state index contributed by atoms with van der Waals surface area (Å²) in [6, 6.07) is 11.9. The lowest BCUT2D eigenvalue weighted by Gasteiger charge is -2.31. The number of nitrogens with zero attached hydrogens (tertiary/aromatic N) is 4. The van der Waals surface area contributed by atoms with Gasteiger partial charge in [-0.15, -0.1) is 0 Å². The molecule has 1 aromatic carbocycles. The predicted molar refractivity (Wildman–Crippen MR) is 92.8 cm³/mol. The molecule has 0 radical (unpaired) electrons. The van der Waals surface area contributed by atoms with Gasteiger partial charge in [-0.25, -0.2) is 4.98 Å². The van der Waals surface area contributed by atoms with Crippen LogP contribution >= 0.6 is 0 Å². The number of hydrogen-bond acceptors (Lipinski definition) is 3. The third kappa shape index (κ3) is 2.56. The summed E-state index contributed by atoms with van der Waals surface area (Å²) in [6.45, 7) is 1.53. The molecule has 1 fully saturated rings. The number of hydrogen-bond donors (Lipinski definition) is 0. The Morgan fingerprint density at radius 1 is 1.12 bits per heavy atom. The van der Waals surface area contributed by atoms with Gasteiger partial charge in [0, 0.05) is 38.4 Å². The minimum Gasteiger partial charge on any atom is -0.339 e. The van der Waals surface area contributed by atoms with Gasteiger partial charge in [0.1, 0.15) is 5.82 Å². The lowest BCUT2D eigenvalue weighted by molar-refractivity contribution is 0.0710. The molecule has 1 saturated heterocycles. The molecule has 0 spiro atoms. The Labute approximate surface area is 140 Å². The van der Waals surface area contributed by atoms with Gasteiger partial charge in [-0.2, -0.15) is 0 Å². The second kappa shape index (κ2) is 6.07. The SMILES string of the molecule is Cn1c(C2CCN(C(=O)c3cccnc3)CC2)nc2ccccc21. The van der Waals surface area contributed by atoms with E-state index in [4.69, 9.17) is 4.98 Å². The number of piperidine rings is 1. The number of pyridine rings is 1. The maximum absolute atomic E-state index is 12.5. The number of imidazole rings is 1. The van der Waals surface area contributed by atoms with Crippen molar-refractivity contribution in [1.29, 1.82) is 0 Å². The van der Waals surface area contributed by atoms with Gasteiger partial charge in [0.05, 0.1) is 16.6 Å². The fourth-order valence-electron chi connectivity index (χ4n) is 3.54. The zero-order valence-corrected chi connectivity index (χ0v) is 13.7. The van der Waals surface area contributed by atoms with Crippen molar-refractivity contribution in [3.05, 3.63) is 60.2 Å². The smallest absolute Gasteiger partial charge is 0.255 e. The predicted octanol–water partition coefficient (Wildman–Crippen LogP) is 2.99. The summed E-state index contributed by atoms with van der Waals surface area (Å²) < 4.78 is 2.19. The van der Waals surface area contributed by atoms with Crippen LogP contribution in [0.5, 0.6) is 0 Å². The first-order chi connectivity index (χ1) is 11.7. The highest BCUT2D eigenvalue weighted by Crippen LogP contribution is 2.30. The number of likely N-dealkylation sites (tertiary alicyclic amines) is 1. The normalized spacial score (nSPS) is 15.8. The molecule has 0 bridgehead atoms. The van der Waals surface area contributed by atoms with Gasteiger partial charge in [-0.3, -0.25) is 9.78 Å². The molecule has 3 aromatic rings. The van der Waals surface area contributed by atoms with E-state index in [1.54, 1.807) is 18.5 Å². The first kappa shape index (κ1) is 14.9. The van der Waals surface area contributed by atoms with E-state index in [2.05, 4.69) is 28.7 Å². The molecule has 0 atom stereocenters. The van der Waals surface area contributed by atoms with Gasteiger partial charge in [0.15, 0.2) is 0 Å². The van der Waals surface area contributed by atoms with Gasteiger partial charge in [-0.05, 0) is 37.1 Å². The van der Waals surface area contributed by atoms with Crippen molar-refractivity contribution < 1.29 is 4.79 Å². The number of rotatable bonds is 2. The highest BCUT2D eigenvalue weighted by molar-refractivity contribution is 5.93. The van der Waals surface area contributed by atoms with E-state index in [9.17, 15) is 4.79 Å². The second-order valence-corrected chi connectivity index (χ2v) is 6.33. The molecule has 4 rings (SSSR count). The molecule has 24 heavy (non-hydrogen) atoms. The van der Waals surface area contributed by atoms with Crippen molar-refractivity contribution in [2.45, 2.75) is 18.8 Å². The number of aryl methyl sites for hydroxylation is 1. The minimum absolute atomic E-state index is 0.0755. The highest BCUT2D eigenvalue weighted by atomic mass is 16.2. The zero-order chi connectivity index (χ0) is 16.5.